The molecule has 2 aromatic carbocycles. The maximum Gasteiger partial charge on any atom is 0.416 e. The van der Waals surface area contributed by atoms with Gasteiger partial charge in [-0.2, -0.15) is 18.4 Å². The van der Waals surface area contributed by atoms with E-state index in [1.54, 1.807) is 6.07 Å². The molecule has 0 aliphatic carbocycles. The van der Waals surface area contributed by atoms with Gasteiger partial charge in [-0.05, 0) is 36.4 Å². The van der Waals surface area contributed by atoms with Gasteiger partial charge in [0.1, 0.15) is 17.5 Å². The summed E-state index contributed by atoms with van der Waals surface area (Å²) in [6.07, 6.45) is -3.26. The molecule has 0 unspecified atom stereocenters. The molecule has 1 heterocycles. The first-order valence-corrected chi connectivity index (χ1v) is 9.63. The number of anilines is 3. The number of non-ortho nitro benzene ring substituents is 1. The Morgan fingerprint density at radius 1 is 1.14 bits per heavy atom. The minimum Gasteiger partial charge on any atom is -0.452 e. The van der Waals surface area contributed by atoms with Crippen molar-refractivity contribution in [3.05, 3.63) is 87.6 Å². The number of ether oxygens (including phenoxy) is 1. The second kappa shape index (κ2) is 10.3. The summed E-state index contributed by atoms with van der Waals surface area (Å²) in [5.41, 5.74) is -1.56. The molecule has 0 atom stereocenters. The molecule has 3 aromatic rings. The summed E-state index contributed by atoms with van der Waals surface area (Å²) >= 11 is 0. The van der Waals surface area contributed by atoms with Crippen LogP contribution in [-0.2, 0) is 15.7 Å². The molecule has 0 radical (unpaired) electrons. The fraction of sp³-hybridized carbons (Fsp3) is 0.0909. The smallest absolute Gasteiger partial charge is 0.416 e. The molecule has 35 heavy (non-hydrogen) atoms. The first-order valence-electron chi connectivity index (χ1n) is 9.63. The van der Waals surface area contributed by atoms with Gasteiger partial charge in [-0.1, -0.05) is 6.07 Å². The van der Waals surface area contributed by atoms with Crippen molar-refractivity contribution >= 4 is 34.8 Å². The first kappa shape index (κ1) is 24.6. The SMILES string of the molecule is N#Cc1cc([N+](=O)[O-])ccc1NC(=O)COC(=O)c1cccnc1Nc1cccc(C(F)(F)F)c1. The van der Waals surface area contributed by atoms with Gasteiger partial charge in [0.05, 0.1) is 21.7 Å². The Bertz CT molecular complexity index is 1340. The molecule has 0 spiro atoms. The monoisotopic (exact) mass is 485 g/mol. The molecule has 0 saturated carbocycles. The maximum absolute atomic E-state index is 12.9. The zero-order chi connectivity index (χ0) is 25.6. The van der Waals surface area contributed by atoms with Gasteiger partial charge in [0, 0.05) is 24.0 Å². The molecule has 0 aliphatic rings. The molecule has 1 amide bonds. The van der Waals surface area contributed by atoms with E-state index >= 15 is 0 Å². The number of alkyl halides is 3. The van der Waals surface area contributed by atoms with Crippen LogP contribution in [-0.4, -0.2) is 28.4 Å². The minimum absolute atomic E-state index is 0.0209. The number of nitrogens with one attached hydrogen (secondary N) is 2. The minimum atomic E-state index is -4.56. The Balaban J connectivity index is 1.68. The van der Waals surface area contributed by atoms with E-state index in [0.29, 0.717) is 0 Å². The van der Waals surface area contributed by atoms with Crippen molar-refractivity contribution in [1.82, 2.24) is 4.98 Å². The summed E-state index contributed by atoms with van der Waals surface area (Å²) in [7, 11) is 0. The van der Waals surface area contributed by atoms with Crippen LogP contribution in [0.1, 0.15) is 21.5 Å². The molecule has 0 saturated heterocycles. The number of hydrogen-bond acceptors (Lipinski definition) is 8. The Hall–Kier alpha value is -4.99. The lowest BCUT2D eigenvalue weighted by Crippen LogP contribution is -2.22. The van der Waals surface area contributed by atoms with E-state index in [4.69, 9.17) is 10.00 Å². The summed E-state index contributed by atoms with van der Waals surface area (Å²) in [6, 6.07) is 11.9. The van der Waals surface area contributed by atoms with Crippen LogP contribution < -0.4 is 10.6 Å². The third-order valence-electron chi connectivity index (χ3n) is 4.42. The van der Waals surface area contributed by atoms with Gasteiger partial charge in [-0.15, -0.1) is 0 Å². The molecule has 178 valence electrons. The largest absolute Gasteiger partial charge is 0.452 e. The fourth-order valence-corrected chi connectivity index (χ4v) is 2.82. The molecule has 10 nitrogen and oxygen atoms in total. The van der Waals surface area contributed by atoms with Crippen LogP contribution in [0, 0.1) is 21.4 Å². The lowest BCUT2D eigenvalue weighted by Gasteiger charge is -2.13. The number of nitriles is 1. The Morgan fingerprint density at radius 2 is 1.91 bits per heavy atom. The molecule has 2 N–H and O–H groups in total. The molecule has 0 bridgehead atoms. The van der Waals surface area contributed by atoms with Crippen molar-refractivity contribution < 1.29 is 32.4 Å². The number of rotatable bonds is 7. The fourth-order valence-electron chi connectivity index (χ4n) is 2.82. The van der Waals surface area contributed by atoms with E-state index in [1.807, 2.05) is 0 Å². The number of nitro groups is 1. The van der Waals surface area contributed by atoms with Crippen LogP contribution in [0.25, 0.3) is 0 Å². The van der Waals surface area contributed by atoms with Crippen molar-refractivity contribution in [3.8, 4) is 6.07 Å². The normalized spacial score (nSPS) is 10.7. The summed E-state index contributed by atoms with van der Waals surface area (Å²) in [4.78, 5) is 38.7. The quantitative estimate of drug-likeness (QED) is 0.284. The van der Waals surface area contributed by atoms with Crippen molar-refractivity contribution in [2.45, 2.75) is 6.18 Å². The summed E-state index contributed by atoms with van der Waals surface area (Å²) in [6.45, 7) is -0.779. The predicted octanol–water partition coefficient (Wildman–Crippen LogP) is 4.42. The summed E-state index contributed by atoms with van der Waals surface area (Å²) < 4.78 is 43.8. The number of nitro benzene ring substituents is 1. The number of nitrogens with zero attached hydrogens (tertiary/aromatic N) is 3. The van der Waals surface area contributed by atoms with Gasteiger partial charge in [0.25, 0.3) is 11.6 Å². The molecule has 0 aliphatic heterocycles. The van der Waals surface area contributed by atoms with E-state index in [2.05, 4.69) is 15.6 Å². The van der Waals surface area contributed by atoms with Gasteiger partial charge in [0.15, 0.2) is 6.61 Å². The topological polar surface area (TPSA) is 147 Å². The number of carbonyl (C=O) groups excluding carboxylic acids is 2. The summed E-state index contributed by atoms with van der Waals surface area (Å²) in [5.74, 6) is -1.92. The number of aromatic nitrogens is 1. The van der Waals surface area contributed by atoms with Crippen LogP contribution in [0.4, 0.5) is 36.1 Å². The van der Waals surface area contributed by atoms with E-state index in [-0.39, 0.29) is 34.0 Å². The van der Waals surface area contributed by atoms with Gasteiger partial charge < -0.3 is 15.4 Å². The highest BCUT2D eigenvalue weighted by atomic mass is 19.4. The van der Waals surface area contributed by atoms with Crippen LogP contribution in [0.5, 0.6) is 0 Å². The van der Waals surface area contributed by atoms with Gasteiger partial charge >= 0.3 is 12.1 Å². The molecule has 13 heteroatoms. The average molecular weight is 485 g/mol. The highest BCUT2D eigenvalue weighted by Gasteiger charge is 2.30. The maximum atomic E-state index is 12.9. The molecular weight excluding hydrogens is 471 g/mol. The Kier molecular flexibility index (Phi) is 7.25. The second-order valence-electron chi connectivity index (χ2n) is 6.83. The average Bonchev–Trinajstić information content (AvgIpc) is 2.82. The summed E-state index contributed by atoms with van der Waals surface area (Å²) in [5, 5.41) is 24.9. The lowest BCUT2D eigenvalue weighted by molar-refractivity contribution is -0.384. The predicted molar refractivity (Wildman–Crippen MR) is 116 cm³/mol. The van der Waals surface area contributed by atoms with E-state index in [1.165, 1.54) is 30.5 Å². The zero-order valence-electron chi connectivity index (χ0n) is 17.5. The standard InChI is InChI=1S/C22H14F3N5O5/c23-22(24,25)14-3-1-4-15(10-14)28-20-17(5-2-8-27-20)21(32)35-12-19(31)29-18-7-6-16(30(33)34)9-13(18)11-26/h1-10H,12H2,(H,27,28)(H,29,31). The molecular formula is C22H14F3N5O5. The third kappa shape index (κ3) is 6.29. The second-order valence-corrected chi connectivity index (χ2v) is 6.83. The van der Waals surface area contributed by atoms with Crippen molar-refractivity contribution in [3.63, 3.8) is 0 Å². The van der Waals surface area contributed by atoms with Crippen molar-refractivity contribution in [1.29, 1.82) is 5.26 Å². The highest BCUT2D eigenvalue weighted by molar-refractivity contribution is 5.98. The van der Waals surface area contributed by atoms with Gasteiger partial charge in [0.2, 0.25) is 0 Å². The van der Waals surface area contributed by atoms with Crippen molar-refractivity contribution in [2.75, 3.05) is 17.2 Å². The van der Waals surface area contributed by atoms with Crippen LogP contribution in [0.3, 0.4) is 0 Å². The Morgan fingerprint density at radius 3 is 2.60 bits per heavy atom. The Labute approximate surface area is 195 Å². The highest BCUT2D eigenvalue weighted by Crippen LogP contribution is 2.31. The number of benzene rings is 2. The number of hydrogen-bond donors (Lipinski definition) is 2. The van der Waals surface area contributed by atoms with E-state index in [0.717, 1.165) is 30.3 Å². The van der Waals surface area contributed by atoms with E-state index < -0.39 is 35.1 Å². The van der Waals surface area contributed by atoms with Crippen molar-refractivity contribution in [2.24, 2.45) is 0 Å². The van der Waals surface area contributed by atoms with Gasteiger partial charge in [-0.3, -0.25) is 14.9 Å². The number of esters is 1. The molecule has 0 fully saturated rings. The van der Waals surface area contributed by atoms with Gasteiger partial charge in [-0.25, -0.2) is 9.78 Å². The van der Waals surface area contributed by atoms with Crippen LogP contribution in [0.2, 0.25) is 0 Å². The first-order chi connectivity index (χ1) is 16.6. The lowest BCUT2D eigenvalue weighted by atomic mass is 10.1. The number of amides is 1. The number of carbonyl (C=O) groups is 2. The van der Waals surface area contributed by atoms with E-state index in [9.17, 15) is 32.9 Å². The third-order valence-corrected chi connectivity index (χ3v) is 4.42. The number of halogens is 3. The number of pyridine rings is 1. The molecule has 3 rings (SSSR count). The zero-order valence-corrected chi connectivity index (χ0v) is 17.5. The van der Waals surface area contributed by atoms with Crippen LogP contribution >= 0.6 is 0 Å². The van der Waals surface area contributed by atoms with Crippen LogP contribution in [0.15, 0.2) is 60.8 Å². The molecule has 1 aromatic heterocycles.